The first-order chi connectivity index (χ1) is 10.2. The van der Waals surface area contributed by atoms with Crippen LogP contribution in [0.5, 0.6) is 0 Å². The zero-order valence-corrected chi connectivity index (χ0v) is 12.7. The third kappa shape index (κ3) is 3.45. The van der Waals surface area contributed by atoms with Crippen LogP contribution in [-0.2, 0) is 0 Å². The minimum Gasteiger partial charge on any atom is -0.399 e. The summed E-state index contributed by atoms with van der Waals surface area (Å²) in [4.78, 5) is 7.10. The molecule has 0 bridgehead atoms. The lowest BCUT2D eigenvalue weighted by Gasteiger charge is -2.24. The number of nitrogens with two attached hydrogens (primary N) is 1. The number of anilines is 2. The Morgan fingerprint density at radius 1 is 1.24 bits per heavy atom. The van der Waals surface area contributed by atoms with Crippen molar-refractivity contribution in [2.45, 2.75) is 31.7 Å². The Morgan fingerprint density at radius 2 is 2.05 bits per heavy atom. The highest BCUT2D eigenvalue weighted by Crippen LogP contribution is 2.22. The Bertz CT molecular complexity index is 605. The van der Waals surface area contributed by atoms with E-state index in [2.05, 4.69) is 28.3 Å². The van der Waals surface area contributed by atoms with E-state index in [1.165, 1.54) is 25.7 Å². The van der Waals surface area contributed by atoms with Crippen molar-refractivity contribution in [2.75, 3.05) is 31.2 Å². The molecule has 0 unspecified atom stereocenters. The van der Waals surface area contributed by atoms with Gasteiger partial charge in [-0.05, 0) is 50.2 Å². The van der Waals surface area contributed by atoms with Crippen LogP contribution in [0.1, 0.15) is 25.7 Å². The van der Waals surface area contributed by atoms with Crippen molar-refractivity contribution in [1.82, 2.24) is 9.88 Å². The molecule has 0 amide bonds. The molecule has 0 spiro atoms. The molecule has 3 N–H and O–H groups in total. The number of hydrogen-bond donors (Lipinski definition) is 2. The van der Waals surface area contributed by atoms with Crippen LogP contribution in [-0.4, -0.2) is 36.1 Å². The molecule has 1 fully saturated rings. The zero-order valence-electron chi connectivity index (χ0n) is 12.7. The number of likely N-dealkylation sites (N-methyl/N-ethyl adjacent to an activating group) is 1. The van der Waals surface area contributed by atoms with E-state index in [0.717, 1.165) is 41.5 Å². The molecule has 1 aromatic carbocycles. The van der Waals surface area contributed by atoms with Crippen molar-refractivity contribution in [3.8, 4) is 0 Å². The number of benzene rings is 1. The Labute approximate surface area is 126 Å². The van der Waals surface area contributed by atoms with Gasteiger partial charge in [0.05, 0.1) is 5.52 Å². The molecule has 1 saturated carbocycles. The highest BCUT2D eigenvalue weighted by Gasteiger charge is 2.18. The van der Waals surface area contributed by atoms with E-state index >= 15 is 0 Å². The van der Waals surface area contributed by atoms with Crippen molar-refractivity contribution in [3.63, 3.8) is 0 Å². The maximum Gasteiger partial charge on any atom is 0.126 e. The van der Waals surface area contributed by atoms with Gasteiger partial charge in [-0.3, -0.25) is 0 Å². The Morgan fingerprint density at radius 3 is 2.86 bits per heavy atom. The van der Waals surface area contributed by atoms with Crippen LogP contribution in [0.3, 0.4) is 0 Å². The normalized spacial score (nSPS) is 15.9. The highest BCUT2D eigenvalue weighted by atomic mass is 15.1. The van der Waals surface area contributed by atoms with Gasteiger partial charge >= 0.3 is 0 Å². The van der Waals surface area contributed by atoms with Crippen LogP contribution >= 0.6 is 0 Å². The first-order valence-corrected chi connectivity index (χ1v) is 7.83. The standard InChI is InChI=1S/C17H24N4/c1-21(15-4-2-3-5-15)11-10-19-17-9-6-13-12-14(18)7-8-16(13)20-17/h6-9,12,15H,2-5,10-11,18H2,1H3,(H,19,20). The topological polar surface area (TPSA) is 54.2 Å². The van der Waals surface area contributed by atoms with Gasteiger partial charge in [0.25, 0.3) is 0 Å². The number of nitrogens with zero attached hydrogens (tertiary/aromatic N) is 2. The third-order valence-corrected chi connectivity index (χ3v) is 4.43. The molecule has 0 saturated heterocycles. The van der Waals surface area contributed by atoms with Crippen LogP contribution in [0.2, 0.25) is 0 Å². The number of pyridine rings is 1. The largest absolute Gasteiger partial charge is 0.399 e. The molecule has 1 aromatic heterocycles. The fourth-order valence-corrected chi connectivity index (χ4v) is 3.13. The monoisotopic (exact) mass is 284 g/mol. The number of aromatic nitrogens is 1. The molecular formula is C17H24N4. The molecule has 4 nitrogen and oxygen atoms in total. The number of nitrogens with one attached hydrogen (secondary N) is 1. The maximum atomic E-state index is 5.79. The van der Waals surface area contributed by atoms with Crippen LogP contribution in [0, 0.1) is 0 Å². The van der Waals surface area contributed by atoms with Gasteiger partial charge in [0.2, 0.25) is 0 Å². The number of rotatable bonds is 5. The predicted octanol–water partition coefficient (Wildman–Crippen LogP) is 3.10. The van der Waals surface area contributed by atoms with Crippen molar-refractivity contribution in [1.29, 1.82) is 0 Å². The Hall–Kier alpha value is -1.81. The molecule has 0 aliphatic heterocycles. The molecule has 0 atom stereocenters. The summed E-state index contributed by atoms with van der Waals surface area (Å²) in [6.45, 7) is 1.99. The lowest BCUT2D eigenvalue weighted by atomic mass is 10.2. The molecule has 21 heavy (non-hydrogen) atoms. The van der Waals surface area contributed by atoms with Crippen LogP contribution < -0.4 is 11.1 Å². The van der Waals surface area contributed by atoms with Gasteiger partial charge in [-0.15, -0.1) is 0 Å². The molecule has 3 rings (SSSR count). The second-order valence-electron chi connectivity index (χ2n) is 5.99. The fraction of sp³-hybridized carbons (Fsp3) is 0.471. The molecule has 112 valence electrons. The van der Waals surface area contributed by atoms with Crippen LogP contribution in [0.4, 0.5) is 11.5 Å². The quantitative estimate of drug-likeness (QED) is 0.828. The summed E-state index contributed by atoms with van der Waals surface area (Å²) in [5.41, 5.74) is 7.55. The molecule has 1 aliphatic rings. The van der Waals surface area contributed by atoms with E-state index < -0.39 is 0 Å². The van der Waals surface area contributed by atoms with E-state index in [-0.39, 0.29) is 0 Å². The van der Waals surface area contributed by atoms with E-state index in [4.69, 9.17) is 5.73 Å². The number of hydrogen-bond acceptors (Lipinski definition) is 4. The Kier molecular flexibility index (Phi) is 4.25. The van der Waals surface area contributed by atoms with E-state index in [0.29, 0.717) is 0 Å². The number of nitrogen functional groups attached to an aromatic ring is 1. The van der Waals surface area contributed by atoms with Gasteiger partial charge in [-0.2, -0.15) is 0 Å². The van der Waals surface area contributed by atoms with Gasteiger partial charge in [0.15, 0.2) is 0 Å². The van der Waals surface area contributed by atoms with Crippen molar-refractivity contribution in [2.24, 2.45) is 0 Å². The summed E-state index contributed by atoms with van der Waals surface area (Å²) < 4.78 is 0. The molecule has 1 heterocycles. The summed E-state index contributed by atoms with van der Waals surface area (Å²) in [7, 11) is 2.23. The average molecular weight is 284 g/mol. The average Bonchev–Trinajstić information content (AvgIpc) is 3.01. The van der Waals surface area contributed by atoms with Gasteiger partial charge in [0.1, 0.15) is 5.82 Å². The van der Waals surface area contributed by atoms with E-state index in [9.17, 15) is 0 Å². The molecule has 0 radical (unpaired) electrons. The summed E-state index contributed by atoms with van der Waals surface area (Å²) in [5, 5.41) is 4.51. The van der Waals surface area contributed by atoms with Gasteiger partial charge in [-0.1, -0.05) is 12.8 Å². The lowest BCUT2D eigenvalue weighted by molar-refractivity contribution is 0.254. The summed E-state index contributed by atoms with van der Waals surface area (Å²) >= 11 is 0. The van der Waals surface area contributed by atoms with Gasteiger partial charge in [-0.25, -0.2) is 4.98 Å². The third-order valence-electron chi connectivity index (χ3n) is 4.43. The predicted molar refractivity (Wildman–Crippen MR) is 89.5 cm³/mol. The number of fused-ring (bicyclic) bond motifs is 1. The summed E-state index contributed by atoms with van der Waals surface area (Å²) in [6.07, 6.45) is 5.48. The minimum atomic E-state index is 0.777. The minimum absolute atomic E-state index is 0.777. The summed E-state index contributed by atoms with van der Waals surface area (Å²) in [5.74, 6) is 0.937. The smallest absolute Gasteiger partial charge is 0.126 e. The van der Waals surface area contributed by atoms with E-state index in [1.807, 2.05) is 24.3 Å². The van der Waals surface area contributed by atoms with Crippen molar-refractivity contribution >= 4 is 22.4 Å². The van der Waals surface area contributed by atoms with Gasteiger partial charge in [0, 0.05) is 30.2 Å². The zero-order chi connectivity index (χ0) is 14.7. The molecular weight excluding hydrogens is 260 g/mol. The lowest BCUT2D eigenvalue weighted by Crippen LogP contribution is -2.33. The van der Waals surface area contributed by atoms with E-state index in [1.54, 1.807) is 0 Å². The first-order valence-electron chi connectivity index (χ1n) is 7.83. The maximum absolute atomic E-state index is 5.79. The summed E-state index contributed by atoms with van der Waals surface area (Å²) in [6, 6.07) is 10.7. The van der Waals surface area contributed by atoms with Crippen LogP contribution in [0.25, 0.3) is 10.9 Å². The van der Waals surface area contributed by atoms with Crippen molar-refractivity contribution < 1.29 is 0 Å². The molecule has 2 aromatic rings. The molecule has 1 aliphatic carbocycles. The second kappa shape index (κ2) is 6.31. The fourth-order valence-electron chi connectivity index (χ4n) is 3.13. The van der Waals surface area contributed by atoms with Crippen LogP contribution in [0.15, 0.2) is 30.3 Å². The SMILES string of the molecule is CN(CCNc1ccc2cc(N)ccc2n1)C1CCCC1. The molecule has 4 heteroatoms. The second-order valence-corrected chi connectivity index (χ2v) is 5.99. The Balaban J connectivity index is 1.56. The highest BCUT2D eigenvalue weighted by molar-refractivity contribution is 5.83. The van der Waals surface area contributed by atoms with Gasteiger partial charge < -0.3 is 16.0 Å². The first kappa shape index (κ1) is 14.1. The van der Waals surface area contributed by atoms with Crippen molar-refractivity contribution in [3.05, 3.63) is 30.3 Å².